The SMILES string of the molecule is Cc1cc(C)n(-c2oc(-c3ccc(Br)cc3)nc2C#N)n1. The van der Waals surface area contributed by atoms with Crippen molar-refractivity contribution in [1.29, 1.82) is 5.26 Å². The molecule has 2 aromatic heterocycles. The molecule has 104 valence electrons. The van der Waals surface area contributed by atoms with E-state index in [-0.39, 0.29) is 5.69 Å². The van der Waals surface area contributed by atoms with Crippen molar-refractivity contribution < 1.29 is 4.42 Å². The standard InChI is InChI=1S/C15H11BrN4O/c1-9-7-10(2)20(19-9)15-13(8-17)18-14(21-15)11-3-5-12(16)6-4-11/h3-7H,1-2H3. The maximum absolute atomic E-state index is 9.26. The minimum atomic E-state index is 0.221. The van der Waals surface area contributed by atoms with Gasteiger partial charge in [0.15, 0.2) is 0 Å². The van der Waals surface area contributed by atoms with Gasteiger partial charge in [0.1, 0.15) is 6.07 Å². The van der Waals surface area contributed by atoms with Gasteiger partial charge in [-0.1, -0.05) is 15.9 Å². The van der Waals surface area contributed by atoms with E-state index in [1.165, 1.54) is 0 Å². The number of halogens is 1. The molecule has 0 fully saturated rings. The van der Waals surface area contributed by atoms with Gasteiger partial charge in [-0.2, -0.15) is 15.3 Å². The van der Waals surface area contributed by atoms with Crippen LogP contribution < -0.4 is 0 Å². The second kappa shape index (κ2) is 5.19. The molecule has 3 aromatic rings. The first-order chi connectivity index (χ1) is 10.1. The van der Waals surface area contributed by atoms with Gasteiger partial charge in [0.05, 0.1) is 5.69 Å². The molecule has 21 heavy (non-hydrogen) atoms. The van der Waals surface area contributed by atoms with Crippen molar-refractivity contribution in [2.24, 2.45) is 0 Å². The quantitative estimate of drug-likeness (QED) is 0.710. The number of nitriles is 1. The van der Waals surface area contributed by atoms with E-state index in [0.717, 1.165) is 21.4 Å². The summed E-state index contributed by atoms with van der Waals surface area (Å²) >= 11 is 3.38. The highest BCUT2D eigenvalue weighted by molar-refractivity contribution is 9.10. The van der Waals surface area contributed by atoms with Crippen LogP contribution in [-0.4, -0.2) is 14.8 Å². The Labute approximate surface area is 130 Å². The Bertz CT molecular complexity index is 840. The fourth-order valence-corrected chi connectivity index (χ4v) is 2.34. The minimum Gasteiger partial charge on any atom is -0.417 e. The molecule has 2 heterocycles. The zero-order valence-corrected chi connectivity index (χ0v) is 13.0. The maximum Gasteiger partial charge on any atom is 0.259 e. The Morgan fingerprint density at radius 2 is 1.95 bits per heavy atom. The van der Waals surface area contributed by atoms with Crippen molar-refractivity contribution in [2.75, 3.05) is 0 Å². The van der Waals surface area contributed by atoms with Crippen LogP contribution in [0.1, 0.15) is 17.1 Å². The summed E-state index contributed by atoms with van der Waals surface area (Å²) in [5.41, 5.74) is 2.78. The second-order valence-electron chi connectivity index (χ2n) is 4.63. The van der Waals surface area contributed by atoms with Crippen LogP contribution in [-0.2, 0) is 0 Å². The molecule has 0 saturated heterocycles. The number of hydrogen-bond acceptors (Lipinski definition) is 4. The number of rotatable bonds is 2. The van der Waals surface area contributed by atoms with E-state index in [0.29, 0.717) is 11.8 Å². The number of benzene rings is 1. The Morgan fingerprint density at radius 3 is 2.52 bits per heavy atom. The lowest BCUT2D eigenvalue weighted by Gasteiger charge is -1.99. The van der Waals surface area contributed by atoms with Crippen molar-refractivity contribution in [3.63, 3.8) is 0 Å². The lowest BCUT2D eigenvalue weighted by Crippen LogP contribution is -1.99. The molecule has 0 aliphatic heterocycles. The van der Waals surface area contributed by atoms with Crippen LogP contribution in [0, 0.1) is 25.2 Å². The highest BCUT2D eigenvalue weighted by Crippen LogP contribution is 2.26. The molecule has 5 nitrogen and oxygen atoms in total. The Hall–Kier alpha value is -2.39. The predicted molar refractivity (Wildman–Crippen MR) is 81.0 cm³/mol. The lowest BCUT2D eigenvalue weighted by atomic mass is 10.2. The summed E-state index contributed by atoms with van der Waals surface area (Å²) in [6.07, 6.45) is 0. The van der Waals surface area contributed by atoms with Gasteiger partial charge in [-0.25, -0.2) is 4.68 Å². The molecular weight excluding hydrogens is 332 g/mol. The summed E-state index contributed by atoms with van der Waals surface area (Å²) in [4.78, 5) is 4.25. The van der Waals surface area contributed by atoms with Crippen molar-refractivity contribution in [2.45, 2.75) is 13.8 Å². The van der Waals surface area contributed by atoms with E-state index in [4.69, 9.17) is 4.42 Å². The van der Waals surface area contributed by atoms with Gasteiger partial charge >= 0.3 is 0 Å². The Morgan fingerprint density at radius 1 is 1.24 bits per heavy atom. The average Bonchev–Trinajstić information content (AvgIpc) is 3.02. The third-order valence-corrected chi connectivity index (χ3v) is 3.54. The monoisotopic (exact) mass is 342 g/mol. The van der Waals surface area contributed by atoms with Crippen LogP contribution in [0.3, 0.4) is 0 Å². The molecule has 6 heteroatoms. The highest BCUT2D eigenvalue weighted by atomic mass is 79.9. The predicted octanol–water partition coefficient (Wildman–Crippen LogP) is 3.78. The fourth-order valence-electron chi connectivity index (χ4n) is 2.08. The molecule has 0 radical (unpaired) electrons. The van der Waals surface area contributed by atoms with E-state index < -0.39 is 0 Å². The molecule has 0 aliphatic carbocycles. The summed E-state index contributed by atoms with van der Waals surface area (Å²) < 4.78 is 8.33. The summed E-state index contributed by atoms with van der Waals surface area (Å²) in [5, 5.41) is 13.6. The van der Waals surface area contributed by atoms with Crippen LogP contribution >= 0.6 is 15.9 Å². The molecule has 0 N–H and O–H groups in total. The Balaban J connectivity index is 2.13. The van der Waals surface area contributed by atoms with Gasteiger partial charge in [0.2, 0.25) is 11.6 Å². The zero-order chi connectivity index (χ0) is 15.0. The highest BCUT2D eigenvalue weighted by Gasteiger charge is 2.18. The molecule has 0 aliphatic rings. The van der Waals surface area contributed by atoms with Gasteiger partial charge in [0, 0.05) is 15.7 Å². The van der Waals surface area contributed by atoms with Crippen LogP contribution in [0.25, 0.3) is 17.3 Å². The molecule has 1 aromatic carbocycles. The largest absolute Gasteiger partial charge is 0.417 e. The molecule has 0 bridgehead atoms. The third kappa shape index (κ3) is 2.48. The van der Waals surface area contributed by atoms with Crippen molar-refractivity contribution >= 4 is 15.9 Å². The number of oxazole rings is 1. The van der Waals surface area contributed by atoms with E-state index in [1.54, 1.807) is 4.68 Å². The summed E-state index contributed by atoms with van der Waals surface area (Å²) in [7, 11) is 0. The zero-order valence-electron chi connectivity index (χ0n) is 11.5. The molecule has 0 unspecified atom stereocenters. The molecule has 0 spiro atoms. The lowest BCUT2D eigenvalue weighted by molar-refractivity contribution is 0.524. The number of hydrogen-bond donors (Lipinski definition) is 0. The van der Waals surface area contributed by atoms with Gasteiger partial charge in [-0.15, -0.1) is 0 Å². The molecule has 0 saturated carbocycles. The fraction of sp³-hybridized carbons (Fsp3) is 0.133. The van der Waals surface area contributed by atoms with Gasteiger partial charge in [0.25, 0.3) is 5.88 Å². The first-order valence-electron chi connectivity index (χ1n) is 6.29. The van der Waals surface area contributed by atoms with E-state index in [9.17, 15) is 5.26 Å². The minimum absolute atomic E-state index is 0.221. The molecule has 0 atom stereocenters. The Kier molecular flexibility index (Phi) is 3.35. The van der Waals surface area contributed by atoms with Crippen molar-refractivity contribution in [3.05, 3.63) is 51.9 Å². The van der Waals surface area contributed by atoms with Crippen LogP contribution in [0.5, 0.6) is 0 Å². The van der Waals surface area contributed by atoms with Crippen LogP contribution in [0.2, 0.25) is 0 Å². The van der Waals surface area contributed by atoms with Crippen molar-refractivity contribution in [1.82, 2.24) is 14.8 Å². The average molecular weight is 343 g/mol. The molecular formula is C15H11BrN4O. The van der Waals surface area contributed by atoms with Gasteiger partial charge in [-0.05, 0) is 44.2 Å². The molecule has 3 rings (SSSR count). The van der Waals surface area contributed by atoms with Crippen LogP contribution in [0.4, 0.5) is 0 Å². The second-order valence-corrected chi connectivity index (χ2v) is 5.55. The first-order valence-corrected chi connectivity index (χ1v) is 7.08. The number of aromatic nitrogens is 3. The summed E-state index contributed by atoms with van der Waals surface area (Å²) in [5.74, 6) is 0.752. The summed E-state index contributed by atoms with van der Waals surface area (Å²) in [6.45, 7) is 3.80. The molecule has 0 amide bonds. The number of nitrogens with zero attached hydrogens (tertiary/aromatic N) is 4. The normalized spacial score (nSPS) is 10.6. The van der Waals surface area contributed by atoms with E-state index in [2.05, 4.69) is 32.1 Å². The van der Waals surface area contributed by atoms with Crippen LogP contribution in [0.15, 0.2) is 39.2 Å². The van der Waals surface area contributed by atoms with Gasteiger partial charge < -0.3 is 4.42 Å². The first kappa shape index (κ1) is 13.6. The third-order valence-electron chi connectivity index (χ3n) is 3.01. The maximum atomic E-state index is 9.26. The smallest absolute Gasteiger partial charge is 0.259 e. The number of aryl methyl sites for hydroxylation is 2. The van der Waals surface area contributed by atoms with Gasteiger partial charge in [-0.3, -0.25) is 0 Å². The van der Waals surface area contributed by atoms with E-state index >= 15 is 0 Å². The van der Waals surface area contributed by atoms with E-state index in [1.807, 2.05) is 44.2 Å². The topological polar surface area (TPSA) is 67.6 Å². The van der Waals surface area contributed by atoms with Crippen molar-refractivity contribution in [3.8, 4) is 23.4 Å². The summed E-state index contributed by atoms with van der Waals surface area (Å²) in [6, 6.07) is 11.5.